The number of carboxylic acids is 1. The number of ether oxygens (including phenoxy) is 1. The molecule has 1 aliphatic heterocycles. The van der Waals surface area contributed by atoms with E-state index >= 15 is 0 Å². The molecular weight excluding hydrogens is 391 g/mol. The molecule has 7 nitrogen and oxygen atoms in total. The molecule has 0 saturated heterocycles. The number of rotatable bonds is 2. The number of aliphatic carboxylic acids is 1. The number of aromatic nitrogens is 2. The number of carbonyl (C=O) groups excluding carboxylic acids is 1. The van der Waals surface area contributed by atoms with Crippen molar-refractivity contribution in [2.75, 3.05) is 11.4 Å². The summed E-state index contributed by atoms with van der Waals surface area (Å²) in [7, 11) is 0. The van der Waals surface area contributed by atoms with Crippen molar-refractivity contribution in [2.24, 2.45) is 5.92 Å². The number of carbonyl (C=O) groups is 2. The standard InChI is InChI=1S/C19H20F3N3O4/c1-18(2,3)29-17(28)24-9-12(16(26)27)10-25-15(24)14(8-23-25)11-4-6-13(7-5-11)19(20,21)22/h4-8,12H,9-10H2,1-3H3,(H,26,27). The number of hydrogen-bond donors (Lipinski definition) is 1. The van der Waals surface area contributed by atoms with Crippen LogP contribution in [0.15, 0.2) is 30.5 Å². The zero-order valence-corrected chi connectivity index (χ0v) is 16.0. The van der Waals surface area contributed by atoms with Gasteiger partial charge in [0.2, 0.25) is 0 Å². The average Bonchev–Trinajstić information content (AvgIpc) is 3.02. The molecule has 1 aliphatic rings. The predicted molar refractivity (Wildman–Crippen MR) is 97.4 cm³/mol. The van der Waals surface area contributed by atoms with Crippen LogP contribution in [0.2, 0.25) is 0 Å². The monoisotopic (exact) mass is 411 g/mol. The van der Waals surface area contributed by atoms with Crippen molar-refractivity contribution in [1.29, 1.82) is 0 Å². The van der Waals surface area contributed by atoms with Crippen molar-refractivity contribution >= 4 is 17.9 Å². The summed E-state index contributed by atoms with van der Waals surface area (Å²) >= 11 is 0. The number of fused-ring (bicyclic) bond motifs is 1. The van der Waals surface area contributed by atoms with Crippen molar-refractivity contribution < 1.29 is 32.6 Å². The highest BCUT2D eigenvalue weighted by molar-refractivity contribution is 5.94. The van der Waals surface area contributed by atoms with Crippen molar-refractivity contribution in [3.05, 3.63) is 36.0 Å². The SMILES string of the molecule is CC(C)(C)OC(=O)N1CC(C(=O)O)Cn2ncc(-c3ccc(C(F)(F)F)cc3)c21. The van der Waals surface area contributed by atoms with Crippen LogP contribution in [0.4, 0.5) is 23.8 Å². The van der Waals surface area contributed by atoms with Crippen LogP contribution in [0.3, 0.4) is 0 Å². The largest absolute Gasteiger partial charge is 0.481 e. The van der Waals surface area contributed by atoms with Crippen LogP contribution in [-0.2, 0) is 22.3 Å². The molecule has 2 heterocycles. The van der Waals surface area contributed by atoms with Gasteiger partial charge >= 0.3 is 18.2 Å². The van der Waals surface area contributed by atoms with E-state index in [0.29, 0.717) is 11.1 Å². The molecule has 0 aliphatic carbocycles. The Hall–Kier alpha value is -3.04. The van der Waals surface area contributed by atoms with Gasteiger partial charge in [-0.25, -0.2) is 9.48 Å². The summed E-state index contributed by atoms with van der Waals surface area (Å²) in [5, 5.41) is 13.5. The Morgan fingerprint density at radius 3 is 2.28 bits per heavy atom. The molecule has 1 aromatic carbocycles. The molecule has 0 fully saturated rings. The zero-order valence-electron chi connectivity index (χ0n) is 16.0. The number of hydrogen-bond acceptors (Lipinski definition) is 4. The summed E-state index contributed by atoms with van der Waals surface area (Å²) in [4.78, 5) is 25.4. The fourth-order valence-electron chi connectivity index (χ4n) is 3.05. The van der Waals surface area contributed by atoms with Crippen LogP contribution in [-0.4, -0.2) is 39.1 Å². The molecule has 1 unspecified atom stereocenters. The summed E-state index contributed by atoms with van der Waals surface area (Å²) in [6.07, 6.45) is -3.81. The first kappa shape index (κ1) is 20.7. The molecule has 1 aromatic heterocycles. The Morgan fingerprint density at radius 2 is 1.76 bits per heavy atom. The van der Waals surface area contributed by atoms with Gasteiger partial charge in [0.25, 0.3) is 0 Å². The van der Waals surface area contributed by atoms with Crippen LogP contribution in [0, 0.1) is 5.92 Å². The quantitative estimate of drug-likeness (QED) is 0.807. The topological polar surface area (TPSA) is 84.7 Å². The molecule has 1 atom stereocenters. The lowest BCUT2D eigenvalue weighted by molar-refractivity contribution is -0.142. The van der Waals surface area contributed by atoms with E-state index in [1.54, 1.807) is 20.8 Å². The Morgan fingerprint density at radius 1 is 1.14 bits per heavy atom. The Labute approximate surface area is 164 Å². The smallest absolute Gasteiger partial charge is 0.416 e. The highest BCUT2D eigenvalue weighted by Crippen LogP contribution is 2.37. The molecule has 1 N–H and O–H groups in total. The van der Waals surface area contributed by atoms with E-state index in [0.717, 1.165) is 12.1 Å². The molecule has 10 heteroatoms. The third-order valence-electron chi connectivity index (χ3n) is 4.35. The summed E-state index contributed by atoms with van der Waals surface area (Å²) < 4.78 is 45.3. The molecule has 156 valence electrons. The fourth-order valence-corrected chi connectivity index (χ4v) is 3.05. The van der Waals surface area contributed by atoms with Gasteiger partial charge in [-0.05, 0) is 38.5 Å². The van der Waals surface area contributed by atoms with Crippen LogP contribution < -0.4 is 4.90 Å². The van der Waals surface area contributed by atoms with Gasteiger partial charge in [-0.3, -0.25) is 9.69 Å². The molecule has 1 amide bonds. The van der Waals surface area contributed by atoms with Crippen LogP contribution in [0.1, 0.15) is 26.3 Å². The molecule has 2 aromatic rings. The van der Waals surface area contributed by atoms with E-state index in [2.05, 4.69) is 5.10 Å². The Kier molecular flexibility index (Phi) is 5.06. The first-order valence-electron chi connectivity index (χ1n) is 8.83. The minimum absolute atomic E-state index is 0.0323. The second-order valence-corrected chi connectivity index (χ2v) is 7.77. The molecule has 0 spiro atoms. The number of nitrogens with zero attached hydrogens (tertiary/aromatic N) is 3. The number of carboxylic acid groups (broad SMARTS) is 1. The molecule has 0 saturated carbocycles. The highest BCUT2D eigenvalue weighted by Gasteiger charge is 2.37. The van der Waals surface area contributed by atoms with Gasteiger partial charge in [0.05, 0.1) is 24.2 Å². The third-order valence-corrected chi connectivity index (χ3v) is 4.35. The number of halogens is 3. The lowest BCUT2D eigenvalue weighted by atomic mass is 10.0. The van der Waals surface area contributed by atoms with Gasteiger partial charge in [0.1, 0.15) is 11.4 Å². The van der Waals surface area contributed by atoms with E-state index in [-0.39, 0.29) is 18.9 Å². The molecule has 0 bridgehead atoms. The second-order valence-electron chi connectivity index (χ2n) is 7.77. The van der Waals surface area contributed by atoms with Crippen LogP contribution in [0.5, 0.6) is 0 Å². The second kappa shape index (κ2) is 7.09. The molecule has 0 radical (unpaired) electrons. The summed E-state index contributed by atoms with van der Waals surface area (Å²) in [5.41, 5.74) is -0.778. The number of anilines is 1. The average molecular weight is 411 g/mol. The number of alkyl halides is 3. The van der Waals surface area contributed by atoms with Gasteiger partial charge < -0.3 is 9.84 Å². The normalized spacial score (nSPS) is 17.0. The van der Waals surface area contributed by atoms with Gasteiger partial charge in [-0.1, -0.05) is 12.1 Å². The fraction of sp³-hybridized carbons (Fsp3) is 0.421. The van der Waals surface area contributed by atoms with Gasteiger partial charge in [-0.15, -0.1) is 0 Å². The molecular formula is C19H20F3N3O4. The highest BCUT2D eigenvalue weighted by atomic mass is 19.4. The lowest BCUT2D eigenvalue weighted by Gasteiger charge is -2.33. The molecule has 29 heavy (non-hydrogen) atoms. The third kappa shape index (κ3) is 4.36. The summed E-state index contributed by atoms with van der Waals surface area (Å²) in [5.74, 6) is -1.69. The predicted octanol–water partition coefficient (Wildman–Crippen LogP) is 4.02. The van der Waals surface area contributed by atoms with Crippen molar-refractivity contribution in [2.45, 2.75) is 39.1 Å². The van der Waals surface area contributed by atoms with Crippen molar-refractivity contribution in [3.63, 3.8) is 0 Å². The summed E-state index contributed by atoms with van der Waals surface area (Å²) in [6.45, 7) is 4.93. The van der Waals surface area contributed by atoms with E-state index in [1.807, 2.05) is 0 Å². The number of amides is 1. The minimum atomic E-state index is -4.46. The van der Waals surface area contributed by atoms with Gasteiger partial charge in [0.15, 0.2) is 0 Å². The maximum atomic E-state index is 12.8. The maximum absolute atomic E-state index is 12.8. The van der Waals surface area contributed by atoms with E-state index in [1.165, 1.54) is 27.9 Å². The first-order chi connectivity index (χ1) is 13.4. The first-order valence-corrected chi connectivity index (χ1v) is 8.83. The van der Waals surface area contributed by atoms with Crippen molar-refractivity contribution in [3.8, 4) is 11.1 Å². The Balaban J connectivity index is 2.03. The van der Waals surface area contributed by atoms with Crippen LogP contribution in [0.25, 0.3) is 11.1 Å². The minimum Gasteiger partial charge on any atom is -0.481 e. The number of benzene rings is 1. The van der Waals surface area contributed by atoms with E-state index in [4.69, 9.17) is 4.74 Å². The van der Waals surface area contributed by atoms with Gasteiger partial charge in [0, 0.05) is 12.1 Å². The lowest BCUT2D eigenvalue weighted by Crippen LogP contribution is -2.47. The van der Waals surface area contributed by atoms with Gasteiger partial charge in [-0.2, -0.15) is 18.3 Å². The summed E-state index contributed by atoms with van der Waals surface area (Å²) in [6, 6.07) is 4.47. The van der Waals surface area contributed by atoms with Crippen molar-refractivity contribution in [1.82, 2.24) is 9.78 Å². The maximum Gasteiger partial charge on any atom is 0.416 e. The Bertz CT molecular complexity index is 930. The van der Waals surface area contributed by atoms with E-state index < -0.39 is 35.3 Å². The van der Waals surface area contributed by atoms with E-state index in [9.17, 15) is 27.9 Å². The zero-order chi connectivity index (χ0) is 21.6. The molecule has 3 rings (SSSR count). The van der Waals surface area contributed by atoms with Crippen LogP contribution >= 0.6 is 0 Å².